The first-order chi connectivity index (χ1) is 8.21. The molecule has 102 valence electrons. The van der Waals surface area contributed by atoms with E-state index in [-0.39, 0.29) is 0 Å². The quantitative estimate of drug-likeness (QED) is 0.719. The molecule has 0 aromatic heterocycles. The smallest absolute Gasteiger partial charge is 0.0707 e. The van der Waals surface area contributed by atoms with Gasteiger partial charge in [0.15, 0.2) is 0 Å². The standard InChI is InChI=1S/C13H28N2OS/c1-5-11(10-17-4)15(3)9-13-7-6-12(16-13)8-14-2/h11-14H,5-10H2,1-4H3. The van der Waals surface area contributed by atoms with Gasteiger partial charge in [-0.05, 0) is 39.6 Å². The van der Waals surface area contributed by atoms with Crippen LogP contribution >= 0.6 is 11.8 Å². The topological polar surface area (TPSA) is 24.5 Å². The van der Waals surface area contributed by atoms with E-state index in [0.29, 0.717) is 18.2 Å². The highest BCUT2D eigenvalue weighted by molar-refractivity contribution is 7.98. The van der Waals surface area contributed by atoms with Gasteiger partial charge in [0, 0.05) is 24.9 Å². The molecular formula is C13H28N2OS. The number of nitrogens with one attached hydrogen (secondary N) is 1. The van der Waals surface area contributed by atoms with E-state index < -0.39 is 0 Å². The summed E-state index contributed by atoms with van der Waals surface area (Å²) in [6, 6.07) is 0.692. The van der Waals surface area contributed by atoms with Crippen molar-refractivity contribution in [3.8, 4) is 0 Å². The minimum absolute atomic E-state index is 0.430. The molecule has 0 aliphatic carbocycles. The molecule has 1 aliphatic rings. The Bertz CT molecular complexity index is 204. The Morgan fingerprint density at radius 2 is 2.12 bits per heavy atom. The minimum atomic E-state index is 0.430. The molecule has 0 spiro atoms. The largest absolute Gasteiger partial charge is 0.372 e. The van der Waals surface area contributed by atoms with Crippen molar-refractivity contribution in [2.24, 2.45) is 0 Å². The molecule has 0 saturated carbocycles. The Balaban J connectivity index is 2.28. The summed E-state index contributed by atoms with van der Waals surface area (Å²) in [5, 5.41) is 3.20. The predicted octanol–water partition coefficient (Wildman–Crippen LogP) is 1.83. The van der Waals surface area contributed by atoms with Crippen molar-refractivity contribution < 1.29 is 4.74 Å². The van der Waals surface area contributed by atoms with E-state index >= 15 is 0 Å². The Hall–Kier alpha value is 0.230. The van der Waals surface area contributed by atoms with Gasteiger partial charge >= 0.3 is 0 Å². The van der Waals surface area contributed by atoms with E-state index in [1.54, 1.807) is 0 Å². The number of rotatable bonds is 8. The zero-order chi connectivity index (χ0) is 12.7. The van der Waals surface area contributed by atoms with Crippen LogP contribution in [0.1, 0.15) is 26.2 Å². The van der Waals surface area contributed by atoms with E-state index in [9.17, 15) is 0 Å². The molecule has 0 amide bonds. The van der Waals surface area contributed by atoms with Crippen LogP contribution in [0, 0.1) is 0 Å². The van der Waals surface area contributed by atoms with Crippen LogP contribution in [-0.4, -0.2) is 62.3 Å². The van der Waals surface area contributed by atoms with Crippen LogP contribution in [0.4, 0.5) is 0 Å². The molecule has 1 saturated heterocycles. The van der Waals surface area contributed by atoms with Crippen molar-refractivity contribution in [1.29, 1.82) is 0 Å². The number of nitrogens with zero attached hydrogens (tertiary/aromatic N) is 1. The Morgan fingerprint density at radius 3 is 2.71 bits per heavy atom. The zero-order valence-corrected chi connectivity index (χ0v) is 12.6. The van der Waals surface area contributed by atoms with Crippen LogP contribution in [0.2, 0.25) is 0 Å². The van der Waals surface area contributed by atoms with Crippen LogP contribution in [0.25, 0.3) is 0 Å². The Labute approximate surface area is 111 Å². The van der Waals surface area contributed by atoms with Crippen LogP contribution < -0.4 is 5.32 Å². The third-order valence-electron chi connectivity index (χ3n) is 3.57. The second-order valence-electron chi connectivity index (χ2n) is 4.97. The molecule has 1 rings (SSSR count). The van der Waals surface area contributed by atoms with E-state index in [4.69, 9.17) is 4.74 Å². The normalized spacial score (nSPS) is 26.6. The lowest BCUT2D eigenvalue weighted by molar-refractivity contribution is 0.0228. The third kappa shape index (κ3) is 5.16. The maximum absolute atomic E-state index is 6.03. The summed E-state index contributed by atoms with van der Waals surface area (Å²) in [6.07, 6.45) is 6.70. The molecular weight excluding hydrogens is 232 g/mol. The first-order valence-corrected chi connectivity index (χ1v) is 8.09. The summed E-state index contributed by atoms with van der Waals surface area (Å²) in [5.41, 5.74) is 0. The average Bonchev–Trinajstić information content (AvgIpc) is 2.73. The Morgan fingerprint density at radius 1 is 1.41 bits per heavy atom. The summed E-state index contributed by atoms with van der Waals surface area (Å²) in [7, 11) is 4.23. The monoisotopic (exact) mass is 260 g/mol. The van der Waals surface area contributed by atoms with Gasteiger partial charge in [0.25, 0.3) is 0 Å². The third-order valence-corrected chi connectivity index (χ3v) is 4.29. The number of hydrogen-bond acceptors (Lipinski definition) is 4. The highest BCUT2D eigenvalue weighted by Crippen LogP contribution is 2.21. The van der Waals surface area contributed by atoms with E-state index in [0.717, 1.165) is 13.1 Å². The zero-order valence-electron chi connectivity index (χ0n) is 11.7. The van der Waals surface area contributed by atoms with Crippen molar-refractivity contribution in [1.82, 2.24) is 10.2 Å². The maximum Gasteiger partial charge on any atom is 0.0707 e. The SMILES string of the molecule is CCC(CSC)N(C)CC1CCC(CNC)O1. The van der Waals surface area contributed by atoms with Crippen LogP contribution in [0.15, 0.2) is 0 Å². The van der Waals surface area contributed by atoms with E-state index in [2.05, 4.69) is 30.4 Å². The van der Waals surface area contributed by atoms with Crippen molar-refractivity contribution >= 4 is 11.8 Å². The summed E-state index contributed by atoms with van der Waals surface area (Å²) in [4.78, 5) is 2.48. The predicted molar refractivity (Wildman–Crippen MR) is 76.9 cm³/mol. The van der Waals surface area contributed by atoms with Gasteiger partial charge in [0.2, 0.25) is 0 Å². The average molecular weight is 260 g/mol. The molecule has 4 heteroatoms. The van der Waals surface area contributed by atoms with Crippen LogP contribution in [0.5, 0.6) is 0 Å². The van der Waals surface area contributed by atoms with Gasteiger partial charge in [-0.3, -0.25) is 0 Å². The molecule has 1 fully saturated rings. The molecule has 1 heterocycles. The fourth-order valence-electron chi connectivity index (χ4n) is 2.51. The highest BCUT2D eigenvalue weighted by Gasteiger charge is 2.26. The lowest BCUT2D eigenvalue weighted by atomic mass is 10.1. The van der Waals surface area contributed by atoms with Gasteiger partial charge in [-0.25, -0.2) is 0 Å². The molecule has 0 bridgehead atoms. The first kappa shape index (κ1) is 15.3. The maximum atomic E-state index is 6.03. The van der Waals surface area contributed by atoms with Crippen molar-refractivity contribution in [2.75, 3.05) is 39.2 Å². The van der Waals surface area contributed by atoms with Gasteiger partial charge in [-0.1, -0.05) is 6.92 Å². The molecule has 0 aromatic carbocycles. The molecule has 1 N–H and O–H groups in total. The van der Waals surface area contributed by atoms with Crippen molar-refractivity contribution in [2.45, 2.75) is 44.4 Å². The molecule has 3 unspecified atom stereocenters. The van der Waals surface area contributed by atoms with E-state index in [1.807, 2.05) is 18.8 Å². The molecule has 17 heavy (non-hydrogen) atoms. The molecule has 0 radical (unpaired) electrons. The number of hydrogen-bond donors (Lipinski definition) is 1. The molecule has 0 aromatic rings. The van der Waals surface area contributed by atoms with E-state index in [1.165, 1.54) is 25.0 Å². The number of ether oxygens (including phenoxy) is 1. The first-order valence-electron chi connectivity index (χ1n) is 6.70. The Kier molecular flexibility index (Phi) is 7.51. The summed E-state index contributed by atoms with van der Waals surface area (Å²) < 4.78 is 6.03. The minimum Gasteiger partial charge on any atom is -0.372 e. The van der Waals surface area contributed by atoms with Crippen LogP contribution in [0.3, 0.4) is 0 Å². The van der Waals surface area contributed by atoms with Crippen molar-refractivity contribution in [3.05, 3.63) is 0 Å². The van der Waals surface area contributed by atoms with Crippen LogP contribution in [-0.2, 0) is 4.74 Å². The molecule has 3 nitrogen and oxygen atoms in total. The summed E-state index contributed by atoms with van der Waals surface area (Å²) in [6.45, 7) is 4.35. The lowest BCUT2D eigenvalue weighted by Gasteiger charge is -2.29. The van der Waals surface area contributed by atoms with Gasteiger partial charge in [0.05, 0.1) is 12.2 Å². The van der Waals surface area contributed by atoms with Gasteiger partial charge < -0.3 is 15.0 Å². The molecule has 3 atom stereocenters. The number of thioether (sulfide) groups is 1. The lowest BCUT2D eigenvalue weighted by Crippen LogP contribution is -2.39. The van der Waals surface area contributed by atoms with Gasteiger partial charge in [-0.2, -0.15) is 11.8 Å². The second kappa shape index (κ2) is 8.35. The molecule has 1 aliphatic heterocycles. The summed E-state index contributed by atoms with van der Waals surface area (Å²) >= 11 is 1.94. The fraction of sp³-hybridized carbons (Fsp3) is 1.00. The number of likely N-dealkylation sites (N-methyl/N-ethyl adjacent to an activating group) is 2. The summed E-state index contributed by atoms with van der Waals surface area (Å²) in [5.74, 6) is 1.22. The van der Waals surface area contributed by atoms with Gasteiger partial charge in [0.1, 0.15) is 0 Å². The highest BCUT2D eigenvalue weighted by atomic mass is 32.2. The second-order valence-corrected chi connectivity index (χ2v) is 5.88. The van der Waals surface area contributed by atoms with Crippen molar-refractivity contribution in [3.63, 3.8) is 0 Å². The fourth-order valence-corrected chi connectivity index (χ4v) is 3.39. The van der Waals surface area contributed by atoms with Gasteiger partial charge in [-0.15, -0.1) is 0 Å².